The zero-order valence-electron chi connectivity index (χ0n) is 20.3. The van der Waals surface area contributed by atoms with Crippen molar-refractivity contribution in [3.63, 3.8) is 0 Å². The molecule has 0 aliphatic carbocycles. The molecule has 6 nitrogen and oxygen atoms in total. The van der Waals surface area contributed by atoms with Crippen molar-refractivity contribution in [2.75, 3.05) is 11.4 Å². The molecule has 0 heterocycles. The summed E-state index contributed by atoms with van der Waals surface area (Å²) in [7, 11) is -4.19. The Kier molecular flexibility index (Phi) is 8.41. The number of carbonyl (C=O) groups is 2. The minimum atomic E-state index is -4.19. The molecule has 37 heavy (non-hydrogen) atoms. The zero-order valence-corrected chi connectivity index (χ0v) is 22.7. The van der Waals surface area contributed by atoms with Crippen molar-refractivity contribution in [1.82, 2.24) is 4.72 Å². The lowest BCUT2D eigenvalue weighted by molar-refractivity contribution is -0.132. The Morgan fingerprint density at radius 2 is 1.57 bits per heavy atom. The SMILES string of the molecule is CCN(C(=O)C(CCc1cccc(Br)c1)C(=O)NS(=O)(=O)c1ccc2ccccc2c1)c1ccccc1. The lowest BCUT2D eigenvalue weighted by Gasteiger charge is -2.26. The van der Waals surface area contributed by atoms with Crippen LogP contribution in [0.3, 0.4) is 0 Å². The van der Waals surface area contributed by atoms with Crippen LogP contribution in [0.25, 0.3) is 10.8 Å². The van der Waals surface area contributed by atoms with Gasteiger partial charge in [0.25, 0.3) is 10.0 Å². The van der Waals surface area contributed by atoms with Gasteiger partial charge in [-0.25, -0.2) is 13.1 Å². The van der Waals surface area contributed by atoms with Crippen molar-refractivity contribution in [2.24, 2.45) is 5.92 Å². The third kappa shape index (κ3) is 6.45. The number of benzene rings is 4. The van der Waals surface area contributed by atoms with Gasteiger partial charge >= 0.3 is 0 Å². The number of hydrogen-bond acceptors (Lipinski definition) is 4. The number of rotatable bonds is 9. The first-order valence-electron chi connectivity index (χ1n) is 11.9. The van der Waals surface area contributed by atoms with E-state index in [0.717, 1.165) is 20.8 Å². The summed E-state index contributed by atoms with van der Waals surface area (Å²) in [5.41, 5.74) is 1.58. The molecule has 4 rings (SSSR count). The molecule has 1 atom stereocenters. The Hall–Kier alpha value is -3.49. The lowest BCUT2D eigenvalue weighted by Crippen LogP contribution is -2.45. The van der Waals surface area contributed by atoms with E-state index in [1.165, 1.54) is 17.0 Å². The maximum atomic E-state index is 13.7. The van der Waals surface area contributed by atoms with Crippen LogP contribution in [0, 0.1) is 5.92 Å². The van der Waals surface area contributed by atoms with Gasteiger partial charge < -0.3 is 4.90 Å². The van der Waals surface area contributed by atoms with Crippen molar-refractivity contribution in [3.05, 3.63) is 107 Å². The molecule has 2 amide bonds. The van der Waals surface area contributed by atoms with Gasteiger partial charge in [-0.1, -0.05) is 76.6 Å². The molecule has 1 N–H and O–H groups in total. The van der Waals surface area contributed by atoms with E-state index < -0.39 is 27.8 Å². The third-order valence-electron chi connectivity index (χ3n) is 6.14. The smallest absolute Gasteiger partial charge is 0.264 e. The van der Waals surface area contributed by atoms with Crippen LogP contribution in [0.2, 0.25) is 0 Å². The molecule has 4 aromatic rings. The molecular formula is C29H27BrN2O4S. The summed E-state index contributed by atoms with van der Waals surface area (Å²) in [5, 5.41) is 1.62. The van der Waals surface area contributed by atoms with E-state index in [2.05, 4.69) is 20.7 Å². The number of nitrogens with zero attached hydrogens (tertiary/aromatic N) is 1. The molecule has 0 spiro atoms. The van der Waals surface area contributed by atoms with Crippen LogP contribution in [0.4, 0.5) is 5.69 Å². The van der Waals surface area contributed by atoms with Gasteiger partial charge in [0.15, 0.2) is 0 Å². The number of amides is 2. The number of aryl methyl sites for hydroxylation is 1. The van der Waals surface area contributed by atoms with Gasteiger partial charge in [0.1, 0.15) is 5.92 Å². The number of halogens is 1. The van der Waals surface area contributed by atoms with Gasteiger partial charge in [-0.05, 0) is 72.5 Å². The van der Waals surface area contributed by atoms with Crippen LogP contribution in [-0.2, 0) is 26.0 Å². The monoisotopic (exact) mass is 578 g/mol. The highest BCUT2D eigenvalue weighted by Crippen LogP contribution is 2.23. The molecule has 4 aromatic carbocycles. The summed E-state index contributed by atoms with van der Waals surface area (Å²) in [6.07, 6.45) is 0.573. The van der Waals surface area contributed by atoms with E-state index in [1.807, 2.05) is 67.6 Å². The molecular weight excluding hydrogens is 552 g/mol. The average molecular weight is 580 g/mol. The van der Waals surface area contributed by atoms with Crippen LogP contribution in [0.15, 0.2) is 106 Å². The fourth-order valence-electron chi connectivity index (χ4n) is 4.23. The highest BCUT2D eigenvalue weighted by Gasteiger charge is 2.33. The van der Waals surface area contributed by atoms with Crippen LogP contribution < -0.4 is 9.62 Å². The first-order valence-corrected chi connectivity index (χ1v) is 14.2. The van der Waals surface area contributed by atoms with Gasteiger partial charge in [-0.2, -0.15) is 0 Å². The molecule has 190 valence electrons. The zero-order chi connectivity index (χ0) is 26.4. The average Bonchev–Trinajstić information content (AvgIpc) is 2.89. The van der Waals surface area contributed by atoms with E-state index in [4.69, 9.17) is 0 Å². The first-order chi connectivity index (χ1) is 17.8. The number of carbonyl (C=O) groups excluding carboxylic acids is 2. The van der Waals surface area contributed by atoms with E-state index in [9.17, 15) is 18.0 Å². The third-order valence-corrected chi connectivity index (χ3v) is 7.98. The van der Waals surface area contributed by atoms with E-state index in [1.54, 1.807) is 24.3 Å². The van der Waals surface area contributed by atoms with Crippen LogP contribution in [-0.4, -0.2) is 26.8 Å². The molecule has 0 aliphatic rings. The second-order valence-electron chi connectivity index (χ2n) is 8.62. The van der Waals surface area contributed by atoms with Crippen molar-refractivity contribution >= 4 is 54.2 Å². The number of anilines is 1. The van der Waals surface area contributed by atoms with E-state index in [-0.39, 0.29) is 11.3 Å². The lowest BCUT2D eigenvalue weighted by atomic mass is 9.97. The Bertz CT molecular complexity index is 1520. The number of para-hydroxylation sites is 1. The predicted molar refractivity (Wildman–Crippen MR) is 150 cm³/mol. The molecule has 0 radical (unpaired) electrons. The maximum absolute atomic E-state index is 13.7. The second-order valence-corrected chi connectivity index (χ2v) is 11.2. The van der Waals surface area contributed by atoms with Crippen molar-refractivity contribution in [3.8, 4) is 0 Å². The molecule has 0 saturated heterocycles. The predicted octanol–water partition coefficient (Wildman–Crippen LogP) is 5.71. The highest BCUT2D eigenvalue weighted by molar-refractivity contribution is 9.10. The van der Waals surface area contributed by atoms with Crippen LogP contribution in [0.5, 0.6) is 0 Å². The van der Waals surface area contributed by atoms with Crippen molar-refractivity contribution in [2.45, 2.75) is 24.7 Å². The Morgan fingerprint density at radius 1 is 0.865 bits per heavy atom. The highest BCUT2D eigenvalue weighted by atomic mass is 79.9. The van der Waals surface area contributed by atoms with E-state index >= 15 is 0 Å². The Balaban J connectivity index is 1.62. The van der Waals surface area contributed by atoms with Gasteiger partial charge in [-0.3, -0.25) is 9.59 Å². The normalized spacial score (nSPS) is 12.2. The molecule has 1 unspecified atom stereocenters. The topological polar surface area (TPSA) is 83.6 Å². The minimum Gasteiger partial charge on any atom is -0.312 e. The number of hydrogen-bond donors (Lipinski definition) is 1. The fourth-order valence-corrected chi connectivity index (χ4v) is 5.73. The first kappa shape index (κ1) is 26.6. The molecule has 0 fully saturated rings. The van der Waals surface area contributed by atoms with Gasteiger partial charge in [0.2, 0.25) is 11.8 Å². The summed E-state index contributed by atoms with van der Waals surface area (Å²) >= 11 is 3.44. The summed E-state index contributed by atoms with van der Waals surface area (Å²) in [5.74, 6) is -2.49. The standard InChI is InChI=1S/C29H27BrN2O4S/c1-2-32(25-13-4-3-5-14-25)29(34)27(18-15-21-9-8-12-24(30)19-21)28(33)31-37(35,36)26-17-16-22-10-6-7-11-23(22)20-26/h3-14,16-17,19-20,27H,2,15,18H2,1H3,(H,31,33). The van der Waals surface area contributed by atoms with Gasteiger partial charge in [0.05, 0.1) is 4.90 Å². The summed E-state index contributed by atoms with van der Waals surface area (Å²) < 4.78 is 29.4. The number of nitrogens with one attached hydrogen (secondary N) is 1. The fraction of sp³-hybridized carbons (Fsp3) is 0.172. The molecule has 8 heteroatoms. The van der Waals surface area contributed by atoms with E-state index in [0.29, 0.717) is 18.7 Å². The maximum Gasteiger partial charge on any atom is 0.264 e. The summed E-state index contributed by atoms with van der Waals surface area (Å²) in [4.78, 5) is 28.6. The molecule has 0 saturated carbocycles. The minimum absolute atomic E-state index is 0.0341. The summed E-state index contributed by atoms with van der Waals surface area (Å²) in [6.45, 7) is 2.15. The molecule has 0 aromatic heterocycles. The number of fused-ring (bicyclic) bond motifs is 1. The Morgan fingerprint density at radius 3 is 2.27 bits per heavy atom. The largest absolute Gasteiger partial charge is 0.312 e. The van der Waals surface area contributed by atoms with Crippen LogP contribution in [0.1, 0.15) is 18.9 Å². The van der Waals surface area contributed by atoms with Gasteiger partial charge in [-0.15, -0.1) is 0 Å². The quantitative estimate of drug-likeness (QED) is 0.258. The van der Waals surface area contributed by atoms with Crippen molar-refractivity contribution < 1.29 is 18.0 Å². The summed E-state index contributed by atoms with van der Waals surface area (Å²) in [6, 6.07) is 28.7. The molecule has 0 bridgehead atoms. The van der Waals surface area contributed by atoms with Crippen LogP contribution >= 0.6 is 15.9 Å². The molecule has 0 aliphatic heterocycles. The number of sulfonamides is 1. The van der Waals surface area contributed by atoms with Gasteiger partial charge in [0, 0.05) is 16.7 Å². The Labute approximate surface area is 225 Å². The second kappa shape index (κ2) is 11.7. The van der Waals surface area contributed by atoms with Crippen molar-refractivity contribution in [1.29, 1.82) is 0 Å².